The number of allylic oxidation sites excluding steroid dienone is 2. The fourth-order valence-electron chi connectivity index (χ4n) is 4.50. The molecule has 212 valence electrons. The van der Waals surface area contributed by atoms with E-state index in [0.717, 1.165) is 12.0 Å². The Morgan fingerprint density at radius 1 is 0.857 bits per heavy atom. The lowest BCUT2D eigenvalue weighted by molar-refractivity contribution is 0.0696. The standard InChI is InChI=1S/C33H27NO7S/c1-22-11-17-26(18-12-22)42(38,39)41-34-31(24-13-15-25(16-14-24)33(36)37)32(35)29-19-20-30(28-10-6-5-9-27(28)29)40-21-23-7-3-2-4-8-23/h3-20,23H,2,21H2,1H3,(H,36,37)/b34-31+. The van der Waals surface area contributed by atoms with E-state index < -0.39 is 21.9 Å². The molecule has 0 radical (unpaired) electrons. The molecule has 0 aromatic heterocycles. The first-order valence-electron chi connectivity index (χ1n) is 13.2. The van der Waals surface area contributed by atoms with Crippen molar-refractivity contribution in [3.63, 3.8) is 0 Å². The highest BCUT2D eigenvalue weighted by Crippen LogP contribution is 2.30. The molecule has 0 bridgehead atoms. The van der Waals surface area contributed by atoms with E-state index in [1.54, 1.807) is 36.4 Å². The van der Waals surface area contributed by atoms with E-state index in [2.05, 4.69) is 29.5 Å². The first-order valence-corrected chi connectivity index (χ1v) is 14.6. The van der Waals surface area contributed by atoms with Gasteiger partial charge in [0.15, 0.2) is 5.71 Å². The lowest BCUT2D eigenvalue weighted by Crippen LogP contribution is -2.18. The number of benzene rings is 4. The molecule has 42 heavy (non-hydrogen) atoms. The van der Waals surface area contributed by atoms with Crippen molar-refractivity contribution in [3.05, 3.63) is 131 Å². The fourth-order valence-corrected chi connectivity index (χ4v) is 5.23. The van der Waals surface area contributed by atoms with Gasteiger partial charge < -0.3 is 9.84 Å². The van der Waals surface area contributed by atoms with Gasteiger partial charge in [0.05, 0.1) is 12.2 Å². The second-order valence-electron chi connectivity index (χ2n) is 9.72. The van der Waals surface area contributed by atoms with Gasteiger partial charge in [0.2, 0.25) is 5.78 Å². The number of hydrogen-bond donors (Lipinski definition) is 1. The third kappa shape index (κ3) is 6.31. The summed E-state index contributed by atoms with van der Waals surface area (Å²) in [5.41, 5.74) is 0.974. The Hall–Kier alpha value is -5.02. The number of carbonyl (C=O) groups excluding carboxylic acids is 1. The maximum atomic E-state index is 14.0. The highest BCUT2D eigenvalue weighted by molar-refractivity contribution is 7.86. The van der Waals surface area contributed by atoms with E-state index in [-0.39, 0.29) is 33.2 Å². The first-order chi connectivity index (χ1) is 20.2. The Morgan fingerprint density at radius 2 is 1.50 bits per heavy atom. The average molecular weight is 582 g/mol. The van der Waals surface area contributed by atoms with Gasteiger partial charge in [-0.25, -0.2) is 4.79 Å². The summed E-state index contributed by atoms with van der Waals surface area (Å²) in [6.07, 6.45) is 9.24. The Labute approximate surface area is 243 Å². The highest BCUT2D eigenvalue weighted by Gasteiger charge is 2.24. The normalized spacial score (nSPS) is 13.7. The van der Waals surface area contributed by atoms with Gasteiger partial charge >= 0.3 is 16.1 Å². The average Bonchev–Trinajstić information content (AvgIpc) is 3.00. The molecule has 8 nitrogen and oxygen atoms in total. The van der Waals surface area contributed by atoms with E-state index in [9.17, 15) is 23.1 Å². The zero-order valence-corrected chi connectivity index (χ0v) is 23.5. The van der Waals surface area contributed by atoms with Crippen molar-refractivity contribution in [2.45, 2.75) is 18.2 Å². The molecule has 0 spiro atoms. The topological polar surface area (TPSA) is 119 Å². The summed E-state index contributed by atoms with van der Waals surface area (Å²) < 4.78 is 36.9. The molecule has 0 atom stereocenters. The van der Waals surface area contributed by atoms with Crippen molar-refractivity contribution in [2.24, 2.45) is 11.1 Å². The number of carboxylic acids is 1. The molecular weight excluding hydrogens is 554 g/mol. The number of carboxylic acid groups (broad SMARTS) is 1. The smallest absolute Gasteiger partial charge is 0.358 e. The second-order valence-corrected chi connectivity index (χ2v) is 11.2. The van der Waals surface area contributed by atoms with E-state index in [1.165, 1.54) is 36.4 Å². The van der Waals surface area contributed by atoms with Crippen molar-refractivity contribution >= 4 is 38.4 Å². The van der Waals surface area contributed by atoms with E-state index in [0.29, 0.717) is 23.1 Å². The van der Waals surface area contributed by atoms with Gasteiger partial charge in [-0.3, -0.25) is 9.08 Å². The molecule has 1 aliphatic carbocycles. The SMILES string of the molecule is Cc1ccc(S(=O)(=O)O/N=C(/C(=O)c2ccc(OCC3C=CCC=C3)c3ccccc23)c2ccc(C(=O)O)cc2)cc1. The van der Waals surface area contributed by atoms with Crippen LogP contribution in [0.5, 0.6) is 5.75 Å². The summed E-state index contributed by atoms with van der Waals surface area (Å²) in [4.78, 5) is 25.3. The van der Waals surface area contributed by atoms with E-state index in [1.807, 2.05) is 19.1 Å². The molecule has 4 aromatic rings. The number of ether oxygens (including phenoxy) is 1. The Bertz CT molecular complexity index is 1830. The number of Topliss-reactive ketones (excluding diaryl/α,β-unsaturated/α-hetero) is 1. The Balaban J connectivity index is 1.53. The first kappa shape index (κ1) is 28.5. The van der Waals surface area contributed by atoms with Crippen LogP contribution in [-0.4, -0.2) is 37.6 Å². The molecule has 1 N–H and O–H groups in total. The van der Waals surface area contributed by atoms with Crippen LogP contribution in [0.15, 0.2) is 119 Å². The third-order valence-electron chi connectivity index (χ3n) is 6.76. The predicted octanol–water partition coefficient (Wildman–Crippen LogP) is 6.35. The van der Waals surface area contributed by atoms with Gasteiger partial charge in [0.1, 0.15) is 10.6 Å². The number of ketones is 1. The van der Waals surface area contributed by atoms with Crippen LogP contribution in [0.25, 0.3) is 10.8 Å². The van der Waals surface area contributed by atoms with Crippen LogP contribution in [0.2, 0.25) is 0 Å². The predicted molar refractivity (Wildman–Crippen MR) is 160 cm³/mol. The monoisotopic (exact) mass is 581 g/mol. The molecule has 1 aliphatic rings. The molecule has 0 saturated heterocycles. The van der Waals surface area contributed by atoms with Crippen LogP contribution in [0.4, 0.5) is 0 Å². The van der Waals surface area contributed by atoms with E-state index in [4.69, 9.17) is 9.02 Å². The third-order valence-corrected chi connectivity index (χ3v) is 7.88. The Kier molecular flexibility index (Phi) is 8.31. The summed E-state index contributed by atoms with van der Waals surface area (Å²) in [5, 5.41) is 14.4. The van der Waals surface area contributed by atoms with Gasteiger partial charge in [-0.2, -0.15) is 8.42 Å². The molecule has 0 saturated carbocycles. The van der Waals surface area contributed by atoms with Crippen molar-refractivity contribution in [2.75, 3.05) is 6.61 Å². The summed E-state index contributed by atoms with van der Waals surface area (Å²) in [5.74, 6) is -1.03. The number of rotatable bonds is 10. The molecule has 5 rings (SSSR count). The number of nitrogens with zero attached hydrogens (tertiary/aromatic N) is 1. The molecule has 4 aromatic carbocycles. The molecule has 0 heterocycles. The number of aryl methyl sites for hydroxylation is 1. The number of oxime groups is 1. The van der Waals surface area contributed by atoms with Crippen molar-refractivity contribution in [1.29, 1.82) is 0 Å². The van der Waals surface area contributed by atoms with Crippen molar-refractivity contribution < 1.29 is 32.1 Å². The van der Waals surface area contributed by atoms with Crippen molar-refractivity contribution in [3.8, 4) is 5.75 Å². The fraction of sp³-hybridized carbons (Fsp3) is 0.121. The van der Waals surface area contributed by atoms with E-state index >= 15 is 0 Å². The lowest BCUT2D eigenvalue weighted by atomic mass is 9.95. The molecule has 0 amide bonds. The van der Waals surface area contributed by atoms with Crippen LogP contribution >= 0.6 is 0 Å². The number of aromatic carboxylic acids is 1. The van der Waals surface area contributed by atoms with Gasteiger partial charge in [0, 0.05) is 22.4 Å². The van der Waals surface area contributed by atoms with Crippen LogP contribution < -0.4 is 4.74 Å². The number of fused-ring (bicyclic) bond motifs is 1. The van der Waals surface area contributed by atoms with Gasteiger partial charge in [-0.05, 0) is 55.1 Å². The minimum atomic E-state index is -4.35. The molecule has 0 fully saturated rings. The molecular formula is C33H27NO7S. The van der Waals surface area contributed by atoms with Crippen LogP contribution in [0.3, 0.4) is 0 Å². The summed E-state index contributed by atoms with van der Waals surface area (Å²) >= 11 is 0. The Morgan fingerprint density at radius 3 is 2.17 bits per heavy atom. The van der Waals surface area contributed by atoms with Gasteiger partial charge in [-0.1, -0.05) is 83.6 Å². The maximum Gasteiger partial charge on any atom is 0.358 e. The zero-order chi connectivity index (χ0) is 29.7. The number of carbonyl (C=O) groups is 2. The lowest BCUT2D eigenvalue weighted by Gasteiger charge is -2.16. The summed E-state index contributed by atoms with van der Waals surface area (Å²) in [6.45, 7) is 2.25. The molecule has 0 aliphatic heterocycles. The van der Waals surface area contributed by atoms with Gasteiger partial charge in [0.25, 0.3) is 0 Å². The molecule has 9 heteroatoms. The summed E-state index contributed by atoms with van der Waals surface area (Å²) in [6, 6.07) is 21.9. The zero-order valence-electron chi connectivity index (χ0n) is 22.6. The summed E-state index contributed by atoms with van der Waals surface area (Å²) in [7, 11) is -4.35. The quantitative estimate of drug-likeness (QED) is 0.100. The minimum Gasteiger partial charge on any atom is -0.492 e. The van der Waals surface area contributed by atoms with Crippen LogP contribution in [0.1, 0.15) is 38.3 Å². The molecule has 0 unspecified atom stereocenters. The van der Waals surface area contributed by atoms with Crippen molar-refractivity contribution in [1.82, 2.24) is 0 Å². The maximum absolute atomic E-state index is 14.0. The largest absolute Gasteiger partial charge is 0.492 e. The van der Waals surface area contributed by atoms with Crippen LogP contribution in [0, 0.1) is 12.8 Å². The number of hydrogen-bond acceptors (Lipinski definition) is 7. The van der Waals surface area contributed by atoms with Gasteiger partial charge in [-0.15, -0.1) is 0 Å². The van der Waals surface area contributed by atoms with Crippen LogP contribution in [-0.2, 0) is 14.4 Å². The second kappa shape index (κ2) is 12.2. The minimum absolute atomic E-state index is 0.00616. The highest BCUT2D eigenvalue weighted by atomic mass is 32.2.